The summed E-state index contributed by atoms with van der Waals surface area (Å²) in [4.78, 5) is 22.1. The van der Waals surface area contributed by atoms with Gasteiger partial charge in [-0.2, -0.15) is 13.2 Å². The summed E-state index contributed by atoms with van der Waals surface area (Å²) in [5, 5.41) is 11.0. The van der Waals surface area contributed by atoms with E-state index >= 15 is 0 Å². The number of nitrogens with one attached hydrogen (secondary N) is 1. The van der Waals surface area contributed by atoms with Crippen LogP contribution < -0.4 is 5.32 Å². The number of carboxylic acid groups (broad SMARTS) is 1. The van der Waals surface area contributed by atoms with Crippen LogP contribution in [0.3, 0.4) is 0 Å². The number of hydrogen-bond donors (Lipinski definition) is 2. The zero-order valence-electron chi connectivity index (χ0n) is 9.41. The third-order valence-electron chi connectivity index (χ3n) is 2.60. The van der Waals surface area contributed by atoms with Crippen LogP contribution in [0.1, 0.15) is 6.92 Å². The number of aliphatic carboxylic acids is 1. The topological polar surface area (TPSA) is 84.9 Å². The van der Waals surface area contributed by atoms with Gasteiger partial charge in [0.2, 0.25) is 0 Å². The molecular formula is C9H12F3NO5. The Balaban J connectivity index is 2.52. The van der Waals surface area contributed by atoms with Gasteiger partial charge in [0, 0.05) is 0 Å². The van der Waals surface area contributed by atoms with Gasteiger partial charge in [0.1, 0.15) is 5.41 Å². The van der Waals surface area contributed by atoms with Gasteiger partial charge in [-0.25, -0.2) is 4.79 Å². The van der Waals surface area contributed by atoms with E-state index in [1.165, 1.54) is 6.92 Å². The molecule has 2 N–H and O–H groups in total. The summed E-state index contributed by atoms with van der Waals surface area (Å²) in [6.07, 6.45) is -5.95. The number of ether oxygens (including phenoxy) is 2. The molecule has 0 aromatic heterocycles. The Morgan fingerprint density at radius 2 is 2.17 bits per heavy atom. The molecule has 0 radical (unpaired) electrons. The highest BCUT2D eigenvalue weighted by molar-refractivity contribution is 5.77. The first-order valence-electron chi connectivity index (χ1n) is 4.96. The van der Waals surface area contributed by atoms with Crippen LogP contribution in [0.15, 0.2) is 0 Å². The highest BCUT2D eigenvalue weighted by Gasteiger charge is 2.47. The van der Waals surface area contributed by atoms with Crippen LogP contribution in [0, 0.1) is 5.41 Å². The molecule has 2 atom stereocenters. The number of amides is 1. The fourth-order valence-electron chi connectivity index (χ4n) is 1.42. The molecule has 1 heterocycles. The number of carbonyl (C=O) groups excluding carboxylic acids is 1. The maximum Gasteiger partial charge on any atom is 0.422 e. The van der Waals surface area contributed by atoms with Crippen molar-refractivity contribution in [3.8, 4) is 0 Å². The van der Waals surface area contributed by atoms with Gasteiger partial charge in [0.25, 0.3) is 0 Å². The highest BCUT2D eigenvalue weighted by Crippen LogP contribution is 2.28. The molecule has 1 aliphatic rings. The molecule has 1 saturated heterocycles. The third-order valence-corrected chi connectivity index (χ3v) is 2.60. The second-order valence-electron chi connectivity index (χ2n) is 4.13. The Kier molecular flexibility index (Phi) is 4.05. The van der Waals surface area contributed by atoms with Crippen LogP contribution in [0.2, 0.25) is 0 Å². The first kappa shape index (κ1) is 14.6. The van der Waals surface area contributed by atoms with E-state index in [2.05, 4.69) is 10.1 Å². The maximum absolute atomic E-state index is 11.8. The first-order chi connectivity index (χ1) is 8.15. The smallest absolute Gasteiger partial charge is 0.422 e. The molecule has 2 unspecified atom stereocenters. The lowest BCUT2D eigenvalue weighted by Crippen LogP contribution is -2.50. The number of rotatable bonds is 3. The van der Waals surface area contributed by atoms with E-state index in [0.29, 0.717) is 0 Å². The van der Waals surface area contributed by atoms with Crippen molar-refractivity contribution in [3.63, 3.8) is 0 Å². The third kappa shape index (κ3) is 3.49. The molecule has 0 aliphatic carbocycles. The average Bonchev–Trinajstić information content (AvgIpc) is 2.58. The highest BCUT2D eigenvalue weighted by atomic mass is 19.4. The Labute approximate surface area is 100 Å². The molecule has 1 fully saturated rings. The van der Waals surface area contributed by atoms with Crippen molar-refractivity contribution in [1.29, 1.82) is 0 Å². The van der Waals surface area contributed by atoms with E-state index in [9.17, 15) is 22.8 Å². The van der Waals surface area contributed by atoms with E-state index in [1.807, 2.05) is 0 Å². The van der Waals surface area contributed by atoms with Gasteiger partial charge >= 0.3 is 18.2 Å². The van der Waals surface area contributed by atoms with Crippen molar-refractivity contribution in [2.24, 2.45) is 5.41 Å². The van der Waals surface area contributed by atoms with Gasteiger partial charge in [-0.3, -0.25) is 4.79 Å². The van der Waals surface area contributed by atoms with Crippen LogP contribution in [-0.2, 0) is 14.3 Å². The van der Waals surface area contributed by atoms with E-state index in [1.54, 1.807) is 0 Å². The van der Waals surface area contributed by atoms with Gasteiger partial charge < -0.3 is 19.9 Å². The summed E-state index contributed by atoms with van der Waals surface area (Å²) < 4.78 is 44.2. The molecule has 104 valence electrons. The number of carbonyl (C=O) groups is 2. The molecule has 0 saturated carbocycles. The lowest BCUT2D eigenvalue weighted by Gasteiger charge is -2.25. The standard InChI is InChI=1S/C9H12F3NO5/c1-8(6(14)15)3-17-2-5(8)13-7(16)18-4-9(10,11)12/h5H,2-4H2,1H3,(H,13,16)(H,14,15). The molecule has 0 aromatic rings. The first-order valence-corrected chi connectivity index (χ1v) is 4.96. The Morgan fingerprint density at radius 1 is 1.56 bits per heavy atom. The van der Waals surface area contributed by atoms with Gasteiger partial charge in [0.05, 0.1) is 19.3 Å². The van der Waals surface area contributed by atoms with E-state index < -0.39 is 36.3 Å². The van der Waals surface area contributed by atoms with E-state index in [-0.39, 0.29) is 13.2 Å². The molecule has 1 rings (SSSR count). The number of alkyl carbamates (subject to hydrolysis) is 1. The Hall–Kier alpha value is -1.51. The second kappa shape index (κ2) is 5.01. The van der Waals surface area contributed by atoms with Crippen LogP contribution in [0.25, 0.3) is 0 Å². The molecule has 0 aromatic carbocycles. The van der Waals surface area contributed by atoms with Crippen molar-refractivity contribution in [3.05, 3.63) is 0 Å². The van der Waals surface area contributed by atoms with Crippen LogP contribution >= 0.6 is 0 Å². The van der Waals surface area contributed by atoms with Crippen LogP contribution in [0.4, 0.5) is 18.0 Å². The van der Waals surface area contributed by atoms with Gasteiger partial charge in [-0.1, -0.05) is 0 Å². The van der Waals surface area contributed by atoms with Crippen molar-refractivity contribution in [2.75, 3.05) is 19.8 Å². The van der Waals surface area contributed by atoms with E-state index in [0.717, 1.165) is 0 Å². The monoisotopic (exact) mass is 271 g/mol. The molecule has 9 heteroatoms. The SMILES string of the molecule is CC1(C(=O)O)COCC1NC(=O)OCC(F)(F)F. The number of alkyl halides is 3. The predicted molar refractivity (Wildman–Crippen MR) is 50.9 cm³/mol. The Bertz CT molecular complexity index is 346. The van der Waals surface area contributed by atoms with Gasteiger partial charge in [0.15, 0.2) is 6.61 Å². The minimum absolute atomic E-state index is 0.0933. The van der Waals surface area contributed by atoms with Gasteiger partial charge in [-0.05, 0) is 6.92 Å². The second-order valence-corrected chi connectivity index (χ2v) is 4.13. The molecular weight excluding hydrogens is 259 g/mol. The molecule has 6 nitrogen and oxygen atoms in total. The van der Waals surface area contributed by atoms with Crippen molar-refractivity contribution in [2.45, 2.75) is 19.1 Å². The fraction of sp³-hybridized carbons (Fsp3) is 0.778. The summed E-state index contributed by atoms with van der Waals surface area (Å²) in [5.74, 6) is -1.21. The minimum atomic E-state index is -4.63. The van der Waals surface area contributed by atoms with Gasteiger partial charge in [-0.15, -0.1) is 0 Å². The predicted octanol–water partition coefficient (Wildman–Crippen LogP) is 0.765. The number of halogens is 3. The summed E-state index contributed by atoms with van der Waals surface area (Å²) in [7, 11) is 0. The molecule has 18 heavy (non-hydrogen) atoms. The van der Waals surface area contributed by atoms with E-state index in [4.69, 9.17) is 9.84 Å². The molecule has 0 bridgehead atoms. The van der Waals surface area contributed by atoms with Crippen molar-refractivity contribution >= 4 is 12.1 Å². The summed E-state index contributed by atoms with van der Waals surface area (Å²) >= 11 is 0. The zero-order chi connectivity index (χ0) is 14.0. The largest absolute Gasteiger partial charge is 0.481 e. The summed E-state index contributed by atoms with van der Waals surface area (Å²) in [5.41, 5.74) is -1.38. The average molecular weight is 271 g/mol. The lowest BCUT2D eigenvalue weighted by molar-refractivity contribution is -0.161. The maximum atomic E-state index is 11.8. The summed E-state index contributed by atoms with van der Waals surface area (Å²) in [6, 6.07) is -0.935. The Morgan fingerprint density at radius 3 is 2.67 bits per heavy atom. The molecule has 1 amide bonds. The molecule has 0 spiro atoms. The van der Waals surface area contributed by atoms with Crippen molar-refractivity contribution < 1.29 is 37.3 Å². The number of hydrogen-bond acceptors (Lipinski definition) is 4. The number of carboxylic acids is 1. The normalized spacial score (nSPS) is 27.9. The molecule has 1 aliphatic heterocycles. The quantitative estimate of drug-likeness (QED) is 0.791. The van der Waals surface area contributed by atoms with Crippen molar-refractivity contribution in [1.82, 2.24) is 5.32 Å². The van der Waals surface area contributed by atoms with Crippen LogP contribution in [0.5, 0.6) is 0 Å². The lowest BCUT2D eigenvalue weighted by atomic mass is 9.85. The minimum Gasteiger partial charge on any atom is -0.481 e. The zero-order valence-corrected chi connectivity index (χ0v) is 9.41. The summed E-state index contributed by atoms with van der Waals surface area (Å²) in [6.45, 7) is -0.621. The fourth-order valence-corrected chi connectivity index (χ4v) is 1.42. The van der Waals surface area contributed by atoms with Crippen LogP contribution in [-0.4, -0.2) is 49.2 Å².